The molecule has 1 rings (SSSR count). The fourth-order valence-electron chi connectivity index (χ4n) is 1.61. The van der Waals surface area contributed by atoms with Gasteiger partial charge in [0, 0.05) is 12.1 Å². The number of nitrogens with one attached hydrogen (secondary N) is 3. The van der Waals surface area contributed by atoms with E-state index in [0.29, 0.717) is 11.4 Å². The van der Waals surface area contributed by atoms with Crippen molar-refractivity contribution >= 4 is 23.3 Å². The molecule has 6 nitrogen and oxygen atoms in total. The van der Waals surface area contributed by atoms with E-state index in [1.165, 1.54) is 0 Å². The zero-order valence-electron chi connectivity index (χ0n) is 12.9. The van der Waals surface area contributed by atoms with Gasteiger partial charge in [0.1, 0.15) is 0 Å². The molecular weight excluding hydrogens is 268 g/mol. The Morgan fingerprint density at radius 1 is 1.00 bits per heavy atom. The van der Waals surface area contributed by atoms with Gasteiger partial charge in [-0.25, -0.2) is 4.79 Å². The predicted molar refractivity (Wildman–Crippen MR) is 85.2 cm³/mol. The summed E-state index contributed by atoms with van der Waals surface area (Å²) in [7, 11) is 0. The molecule has 116 valence electrons. The molecular formula is C15H24N4O2. The van der Waals surface area contributed by atoms with Crippen molar-refractivity contribution in [3.63, 3.8) is 0 Å². The number of amides is 3. The fraction of sp³-hybridized carbons (Fsp3) is 0.467. The summed E-state index contributed by atoms with van der Waals surface area (Å²) in [5.41, 5.74) is 6.82. The molecule has 21 heavy (non-hydrogen) atoms. The van der Waals surface area contributed by atoms with Gasteiger partial charge in [0.2, 0.25) is 5.91 Å². The number of benzene rings is 1. The summed E-state index contributed by atoms with van der Waals surface area (Å²) in [5, 5.41) is 8.24. The summed E-state index contributed by atoms with van der Waals surface area (Å²) in [6.45, 7) is 7.29. The first-order chi connectivity index (χ1) is 9.81. The lowest BCUT2D eigenvalue weighted by Crippen LogP contribution is -2.36. The third-order valence-electron chi connectivity index (χ3n) is 3.06. The average Bonchev–Trinajstić information content (AvgIpc) is 2.38. The van der Waals surface area contributed by atoms with Crippen molar-refractivity contribution < 1.29 is 9.59 Å². The first-order valence-electron chi connectivity index (χ1n) is 7.04. The molecule has 0 aliphatic rings. The Kier molecular flexibility index (Phi) is 6.17. The van der Waals surface area contributed by atoms with Crippen molar-refractivity contribution in [2.45, 2.75) is 39.8 Å². The molecule has 0 aromatic heterocycles. The van der Waals surface area contributed by atoms with Gasteiger partial charge >= 0.3 is 6.03 Å². The number of rotatable bonds is 5. The van der Waals surface area contributed by atoms with E-state index in [9.17, 15) is 9.59 Å². The van der Waals surface area contributed by atoms with E-state index >= 15 is 0 Å². The van der Waals surface area contributed by atoms with E-state index in [2.05, 4.69) is 16.0 Å². The average molecular weight is 292 g/mol. The van der Waals surface area contributed by atoms with E-state index in [4.69, 9.17) is 5.73 Å². The smallest absolute Gasteiger partial charge is 0.319 e. The molecule has 0 spiro atoms. The van der Waals surface area contributed by atoms with Gasteiger partial charge in [0.15, 0.2) is 0 Å². The number of para-hydroxylation sites is 2. The van der Waals surface area contributed by atoms with Crippen LogP contribution in [0.15, 0.2) is 24.3 Å². The summed E-state index contributed by atoms with van der Waals surface area (Å²) in [5.74, 6) is -0.494. The Labute approximate surface area is 125 Å². The highest BCUT2D eigenvalue weighted by Gasteiger charge is 2.18. The lowest BCUT2D eigenvalue weighted by atomic mass is 10.0. The lowest BCUT2D eigenvalue weighted by molar-refractivity contribution is -0.119. The number of hydrogen-bond donors (Lipinski definition) is 4. The van der Waals surface area contributed by atoms with Crippen LogP contribution in [-0.4, -0.2) is 24.0 Å². The molecule has 0 aliphatic carbocycles. The number of urea groups is 1. The van der Waals surface area contributed by atoms with Gasteiger partial charge in [-0.3, -0.25) is 4.79 Å². The van der Waals surface area contributed by atoms with Crippen LogP contribution in [0.5, 0.6) is 0 Å². The second-order valence-electron chi connectivity index (χ2n) is 5.44. The summed E-state index contributed by atoms with van der Waals surface area (Å²) in [4.78, 5) is 23.8. The Hall–Kier alpha value is -2.08. The summed E-state index contributed by atoms with van der Waals surface area (Å²) in [6, 6.07) is 6.52. The molecule has 0 heterocycles. The molecule has 0 bridgehead atoms. The minimum Gasteiger partial charge on any atom is -0.336 e. The molecule has 2 unspecified atom stereocenters. The van der Waals surface area contributed by atoms with Gasteiger partial charge in [-0.05, 0) is 32.9 Å². The largest absolute Gasteiger partial charge is 0.336 e. The van der Waals surface area contributed by atoms with E-state index < -0.39 is 0 Å². The monoisotopic (exact) mass is 292 g/mol. The van der Waals surface area contributed by atoms with E-state index in [1.807, 2.05) is 13.8 Å². The standard InChI is InChI=1S/C15H24N4O2/c1-9(2)17-15(21)19-13-8-6-5-7-12(13)18-14(20)10(3)11(4)16/h5-11H,16H2,1-4H3,(H,18,20)(H2,17,19,21). The molecule has 0 fully saturated rings. The van der Waals surface area contributed by atoms with Gasteiger partial charge in [0.05, 0.1) is 17.3 Å². The van der Waals surface area contributed by atoms with Crippen LogP contribution in [0, 0.1) is 5.92 Å². The minimum atomic E-state index is -0.317. The SMILES string of the molecule is CC(C)NC(=O)Nc1ccccc1NC(=O)C(C)C(C)N. The minimum absolute atomic E-state index is 0.0323. The zero-order chi connectivity index (χ0) is 16.0. The van der Waals surface area contributed by atoms with Crippen LogP contribution < -0.4 is 21.7 Å². The van der Waals surface area contributed by atoms with Crippen molar-refractivity contribution in [1.29, 1.82) is 0 Å². The Bertz CT molecular complexity index is 500. The maximum Gasteiger partial charge on any atom is 0.319 e. The number of hydrogen-bond acceptors (Lipinski definition) is 3. The number of anilines is 2. The molecule has 6 heteroatoms. The van der Waals surface area contributed by atoms with Crippen LogP contribution >= 0.6 is 0 Å². The van der Waals surface area contributed by atoms with Crippen LogP contribution in [0.25, 0.3) is 0 Å². The van der Waals surface area contributed by atoms with Crippen molar-refractivity contribution in [1.82, 2.24) is 5.32 Å². The lowest BCUT2D eigenvalue weighted by Gasteiger charge is -2.18. The maximum absolute atomic E-state index is 12.1. The van der Waals surface area contributed by atoms with Crippen LogP contribution in [0.3, 0.4) is 0 Å². The highest BCUT2D eigenvalue weighted by Crippen LogP contribution is 2.21. The van der Waals surface area contributed by atoms with Gasteiger partial charge < -0.3 is 21.7 Å². The molecule has 0 saturated heterocycles. The fourth-order valence-corrected chi connectivity index (χ4v) is 1.61. The highest BCUT2D eigenvalue weighted by atomic mass is 16.2. The van der Waals surface area contributed by atoms with Crippen molar-refractivity contribution in [2.24, 2.45) is 11.7 Å². The number of carbonyl (C=O) groups excluding carboxylic acids is 2. The predicted octanol–water partition coefficient (Wildman–Crippen LogP) is 2.14. The molecule has 0 aliphatic heterocycles. The first kappa shape index (κ1) is 17.0. The van der Waals surface area contributed by atoms with Crippen LogP contribution in [0.2, 0.25) is 0 Å². The summed E-state index contributed by atoms with van der Waals surface area (Å²) >= 11 is 0. The highest BCUT2D eigenvalue weighted by molar-refractivity contribution is 5.99. The molecule has 2 atom stereocenters. The van der Waals surface area contributed by atoms with Crippen LogP contribution in [0.1, 0.15) is 27.7 Å². The second kappa shape index (κ2) is 7.64. The first-order valence-corrected chi connectivity index (χ1v) is 7.04. The second-order valence-corrected chi connectivity index (χ2v) is 5.44. The van der Waals surface area contributed by atoms with E-state index in [0.717, 1.165) is 0 Å². The third kappa shape index (κ3) is 5.43. The summed E-state index contributed by atoms with van der Waals surface area (Å²) < 4.78 is 0. The van der Waals surface area contributed by atoms with Gasteiger partial charge in [-0.2, -0.15) is 0 Å². The molecule has 0 saturated carbocycles. The molecule has 1 aromatic carbocycles. The third-order valence-corrected chi connectivity index (χ3v) is 3.06. The zero-order valence-corrected chi connectivity index (χ0v) is 12.9. The molecule has 1 aromatic rings. The van der Waals surface area contributed by atoms with Gasteiger partial charge in [-0.15, -0.1) is 0 Å². The van der Waals surface area contributed by atoms with Crippen LogP contribution in [-0.2, 0) is 4.79 Å². The number of carbonyl (C=O) groups is 2. The van der Waals surface area contributed by atoms with Crippen molar-refractivity contribution in [3.8, 4) is 0 Å². The topological polar surface area (TPSA) is 96.2 Å². The number of nitrogens with two attached hydrogens (primary N) is 1. The van der Waals surface area contributed by atoms with Crippen LogP contribution in [0.4, 0.5) is 16.2 Å². The Morgan fingerprint density at radius 2 is 1.52 bits per heavy atom. The molecule has 5 N–H and O–H groups in total. The van der Waals surface area contributed by atoms with Gasteiger partial charge in [-0.1, -0.05) is 19.1 Å². The van der Waals surface area contributed by atoms with E-state index in [1.54, 1.807) is 38.1 Å². The Balaban J connectivity index is 2.80. The Morgan fingerprint density at radius 3 is 2.00 bits per heavy atom. The molecule has 3 amide bonds. The maximum atomic E-state index is 12.1. The molecule has 0 radical (unpaired) electrons. The van der Waals surface area contributed by atoms with Crippen molar-refractivity contribution in [3.05, 3.63) is 24.3 Å². The van der Waals surface area contributed by atoms with Gasteiger partial charge in [0.25, 0.3) is 0 Å². The quantitative estimate of drug-likeness (QED) is 0.669. The van der Waals surface area contributed by atoms with E-state index in [-0.39, 0.29) is 29.9 Å². The normalized spacial score (nSPS) is 13.4. The van der Waals surface area contributed by atoms with Crippen molar-refractivity contribution in [2.75, 3.05) is 10.6 Å². The summed E-state index contributed by atoms with van der Waals surface area (Å²) in [6.07, 6.45) is 0.